The highest BCUT2D eigenvalue weighted by Crippen LogP contribution is 2.35. The van der Waals surface area contributed by atoms with Crippen LogP contribution in [0.15, 0.2) is 24.5 Å². The predicted molar refractivity (Wildman–Crippen MR) is 129 cm³/mol. The van der Waals surface area contributed by atoms with Gasteiger partial charge in [-0.3, -0.25) is 14.5 Å². The number of carbonyl (C=O) groups is 2. The Bertz CT molecular complexity index is 1040. The number of hydrogen-bond donors (Lipinski definition) is 1. The van der Waals surface area contributed by atoms with E-state index in [1.54, 1.807) is 13.0 Å². The molecule has 1 N–H and O–H groups in total. The van der Waals surface area contributed by atoms with Gasteiger partial charge in [-0.2, -0.15) is 0 Å². The van der Waals surface area contributed by atoms with Gasteiger partial charge in [0, 0.05) is 61.2 Å². The van der Waals surface area contributed by atoms with Crippen LogP contribution in [0.2, 0.25) is 5.02 Å². The van der Waals surface area contributed by atoms with Crippen LogP contribution in [-0.4, -0.2) is 57.3 Å². The number of nitrogens with zero attached hydrogens (tertiary/aromatic N) is 4. The highest BCUT2D eigenvalue weighted by Gasteiger charge is 2.37. The molecule has 2 heterocycles. The van der Waals surface area contributed by atoms with Crippen molar-refractivity contribution in [1.82, 2.24) is 19.8 Å². The molecule has 2 aromatic rings. The van der Waals surface area contributed by atoms with E-state index in [4.69, 9.17) is 11.6 Å². The Balaban J connectivity index is 1.41. The van der Waals surface area contributed by atoms with Crippen molar-refractivity contribution >= 4 is 29.1 Å². The molecule has 2 amide bonds. The average Bonchev–Trinajstić information content (AvgIpc) is 2.75. The standard InChI is InChI=1S/C25H32ClN5O2/c1-15-7-19(8-15)25(33)31-6-5-30(13-16(31)2)14-20-9-22(26)10-23(17(20)3)29-24(32)21-11-27-18(4)28-12-21/h9-12,15-16,19H,5-8,13-14H2,1-4H3,(H,29,32)/t15?,16-,19?/m0/s1. The normalized spacial score (nSPS) is 23.2. The summed E-state index contributed by atoms with van der Waals surface area (Å²) in [6, 6.07) is 3.91. The van der Waals surface area contributed by atoms with E-state index in [0.717, 1.165) is 50.1 Å². The molecule has 7 nitrogen and oxygen atoms in total. The van der Waals surface area contributed by atoms with E-state index < -0.39 is 0 Å². The maximum absolute atomic E-state index is 12.8. The number of nitrogens with one attached hydrogen (secondary N) is 1. The first-order valence-corrected chi connectivity index (χ1v) is 12.0. The second kappa shape index (κ2) is 9.77. The summed E-state index contributed by atoms with van der Waals surface area (Å²) in [4.78, 5) is 38.1. The van der Waals surface area contributed by atoms with Crippen LogP contribution >= 0.6 is 11.6 Å². The number of rotatable bonds is 5. The van der Waals surface area contributed by atoms with Crippen LogP contribution in [0.1, 0.15) is 54.0 Å². The number of aromatic nitrogens is 2. The number of piperazine rings is 1. The molecule has 1 aliphatic carbocycles. The maximum atomic E-state index is 12.8. The molecule has 0 bridgehead atoms. The highest BCUT2D eigenvalue weighted by molar-refractivity contribution is 6.31. The largest absolute Gasteiger partial charge is 0.337 e. The summed E-state index contributed by atoms with van der Waals surface area (Å²) in [6.45, 7) is 11.2. The van der Waals surface area contributed by atoms with Crippen molar-refractivity contribution in [2.24, 2.45) is 11.8 Å². The van der Waals surface area contributed by atoms with E-state index >= 15 is 0 Å². The van der Waals surface area contributed by atoms with Crippen LogP contribution < -0.4 is 5.32 Å². The van der Waals surface area contributed by atoms with E-state index in [9.17, 15) is 9.59 Å². The van der Waals surface area contributed by atoms with Gasteiger partial charge in [-0.15, -0.1) is 0 Å². The number of aryl methyl sites for hydroxylation is 1. The molecule has 1 aromatic heterocycles. The molecule has 33 heavy (non-hydrogen) atoms. The Morgan fingerprint density at radius 2 is 1.82 bits per heavy atom. The number of carbonyl (C=O) groups excluding carboxylic acids is 2. The van der Waals surface area contributed by atoms with Gasteiger partial charge in [-0.25, -0.2) is 9.97 Å². The molecule has 1 atom stereocenters. The van der Waals surface area contributed by atoms with E-state index in [1.165, 1.54) is 12.4 Å². The SMILES string of the molecule is Cc1ncc(C(=O)Nc2cc(Cl)cc(CN3CCN(C(=O)C4CC(C)C4)[C@@H](C)C3)c2C)cn1. The number of benzene rings is 1. The highest BCUT2D eigenvalue weighted by atomic mass is 35.5. The van der Waals surface area contributed by atoms with Crippen molar-refractivity contribution in [3.8, 4) is 0 Å². The topological polar surface area (TPSA) is 78.4 Å². The van der Waals surface area contributed by atoms with Gasteiger partial charge >= 0.3 is 0 Å². The minimum absolute atomic E-state index is 0.183. The molecule has 1 saturated heterocycles. The lowest BCUT2D eigenvalue weighted by Crippen LogP contribution is -2.56. The molecule has 176 valence electrons. The van der Waals surface area contributed by atoms with Gasteiger partial charge in [-0.1, -0.05) is 18.5 Å². The summed E-state index contributed by atoms with van der Waals surface area (Å²) in [5.41, 5.74) is 3.13. The van der Waals surface area contributed by atoms with E-state index in [0.29, 0.717) is 33.9 Å². The molecule has 0 spiro atoms. The minimum Gasteiger partial charge on any atom is -0.337 e. The number of anilines is 1. The van der Waals surface area contributed by atoms with Crippen LogP contribution in [0, 0.1) is 25.7 Å². The van der Waals surface area contributed by atoms with Crippen molar-refractivity contribution in [1.29, 1.82) is 0 Å². The third kappa shape index (κ3) is 5.36. The zero-order chi connectivity index (χ0) is 23.7. The van der Waals surface area contributed by atoms with Crippen molar-refractivity contribution in [3.63, 3.8) is 0 Å². The Morgan fingerprint density at radius 1 is 1.12 bits per heavy atom. The fraction of sp³-hybridized carbons (Fsp3) is 0.520. The molecule has 0 radical (unpaired) electrons. The van der Waals surface area contributed by atoms with Crippen LogP contribution in [0.3, 0.4) is 0 Å². The summed E-state index contributed by atoms with van der Waals surface area (Å²) < 4.78 is 0. The van der Waals surface area contributed by atoms with Crippen LogP contribution in [0.4, 0.5) is 5.69 Å². The fourth-order valence-electron chi connectivity index (χ4n) is 4.82. The lowest BCUT2D eigenvalue weighted by molar-refractivity contribution is -0.144. The molecule has 2 aliphatic rings. The van der Waals surface area contributed by atoms with E-state index in [2.05, 4.69) is 38.9 Å². The first kappa shape index (κ1) is 23.6. The predicted octanol–water partition coefficient (Wildman–Crippen LogP) is 4.08. The van der Waals surface area contributed by atoms with Gasteiger partial charge in [-0.05, 0) is 62.8 Å². The van der Waals surface area contributed by atoms with Gasteiger partial charge < -0.3 is 10.2 Å². The second-order valence-corrected chi connectivity index (χ2v) is 10.0. The van der Waals surface area contributed by atoms with Crippen LogP contribution in [-0.2, 0) is 11.3 Å². The molecule has 4 rings (SSSR count). The molecular weight excluding hydrogens is 438 g/mol. The summed E-state index contributed by atoms with van der Waals surface area (Å²) >= 11 is 6.40. The van der Waals surface area contributed by atoms with E-state index in [-0.39, 0.29) is 17.9 Å². The summed E-state index contributed by atoms with van der Waals surface area (Å²) in [6.07, 6.45) is 5.09. The minimum atomic E-state index is -0.266. The quantitative estimate of drug-likeness (QED) is 0.713. The Hall–Kier alpha value is -2.51. The first-order valence-electron chi connectivity index (χ1n) is 11.6. The van der Waals surface area contributed by atoms with Crippen molar-refractivity contribution < 1.29 is 9.59 Å². The molecule has 2 fully saturated rings. The Kier molecular flexibility index (Phi) is 7.00. The Labute approximate surface area is 200 Å². The summed E-state index contributed by atoms with van der Waals surface area (Å²) in [5.74, 6) is 1.57. The molecule has 0 unspecified atom stereocenters. The lowest BCUT2D eigenvalue weighted by atomic mass is 9.75. The first-order chi connectivity index (χ1) is 15.7. The third-order valence-corrected chi connectivity index (χ3v) is 7.10. The van der Waals surface area contributed by atoms with Gasteiger partial charge in [0.15, 0.2) is 0 Å². The van der Waals surface area contributed by atoms with Crippen molar-refractivity contribution in [2.75, 3.05) is 25.0 Å². The number of halogens is 1. The number of amides is 2. The smallest absolute Gasteiger partial charge is 0.258 e. The maximum Gasteiger partial charge on any atom is 0.258 e. The monoisotopic (exact) mass is 469 g/mol. The second-order valence-electron chi connectivity index (χ2n) is 9.60. The summed E-state index contributed by atoms with van der Waals surface area (Å²) in [5, 5.41) is 3.53. The molecule has 8 heteroatoms. The average molecular weight is 470 g/mol. The van der Waals surface area contributed by atoms with Gasteiger partial charge in [0.1, 0.15) is 5.82 Å². The third-order valence-electron chi connectivity index (χ3n) is 6.88. The molecular formula is C25H32ClN5O2. The van der Waals surface area contributed by atoms with Crippen molar-refractivity contribution in [3.05, 3.63) is 52.1 Å². The lowest BCUT2D eigenvalue weighted by Gasteiger charge is -2.44. The zero-order valence-corrected chi connectivity index (χ0v) is 20.5. The Morgan fingerprint density at radius 3 is 2.45 bits per heavy atom. The van der Waals surface area contributed by atoms with Crippen LogP contribution in [0.5, 0.6) is 0 Å². The molecule has 1 aliphatic heterocycles. The molecule has 1 saturated carbocycles. The van der Waals surface area contributed by atoms with Gasteiger partial charge in [0.2, 0.25) is 5.91 Å². The van der Waals surface area contributed by atoms with Gasteiger partial charge in [0.05, 0.1) is 5.56 Å². The molecule has 1 aromatic carbocycles. The fourth-order valence-corrected chi connectivity index (χ4v) is 5.06. The van der Waals surface area contributed by atoms with Crippen molar-refractivity contribution in [2.45, 2.75) is 53.1 Å². The number of hydrogen-bond acceptors (Lipinski definition) is 5. The van der Waals surface area contributed by atoms with Crippen LogP contribution in [0.25, 0.3) is 0 Å². The summed E-state index contributed by atoms with van der Waals surface area (Å²) in [7, 11) is 0. The zero-order valence-electron chi connectivity index (χ0n) is 19.8. The van der Waals surface area contributed by atoms with Gasteiger partial charge in [0.25, 0.3) is 5.91 Å². The van der Waals surface area contributed by atoms with E-state index in [1.807, 2.05) is 13.0 Å².